The van der Waals surface area contributed by atoms with Gasteiger partial charge in [-0.3, -0.25) is 9.59 Å². The van der Waals surface area contributed by atoms with Crippen LogP contribution in [0.2, 0.25) is 0 Å². The molecule has 0 aliphatic carbocycles. The monoisotopic (exact) mass is 345 g/mol. The lowest BCUT2D eigenvalue weighted by Gasteiger charge is -2.24. The van der Waals surface area contributed by atoms with Gasteiger partial charge in [-0.05, 0) is 27.7 Å². The number of amides is 2. The second kappa shape index (κ2) is 7.57. The van der Waals surface area contributed by atoms with Gasteiger partial charge in [0.2, 0.25) is 5.91 Å². The van der Waals surface area contributed by atoms with Gasteiger partial charge in [0.15, 0.2) is 0 Å². The number of carbonyl (C=O) groups is 2. The van der Waals surface area contributed by atoms with Crippen molar-refractivity contribution < 1.29 is 9.59 Å². The number of thiazole rings is 1. The van der Waals surface area contributed by atoms with E-state index in [-0.39, 0.29) is 23.9 Å². The van der Waals surface area contributed by atoms with E-state index < -0.39 is 0 Å². The molecule has 2 amide bonds. The van der Waals surface area contributed by atoms with E-state index in [1.807, 2.05) is 58.0 Å². The smallest absolute Gasteiger partial charge is 0.273 e. The van der Waals surface area contributed by atoms with Crippen molar-refractivity contribution >= 4 is 23.2 Å². The number of aromatic nitrogens is 1. The van der Waals surface area contributed by atoms with Gasteiger partial charge in [-0.25, -0.2) is 4.98 Å². The molecule has 0 fully saturated rings. The summed E-state index contributed by atoms with van der Waals surface area (Å²) in [6.07, 6.45) is 0. The quantitative estimate of drug-likeness (QED) is 0.905. The van der Waals surface area contributed by atoms with Crippen LogP contribution < -0.4 is 5.32 Å². The fraction of sp³-hybridized carbons (Fsp3) is 0.389. The van der Waals surface area contributed by atoms with Crippen molar-refractivity contribution in [3.63, 3.8) is 0 Å². The predicted molar refractivity (Wildman–Crippen MR) is 97.0 cm³/mol. The Morgan fingerprint density at radius 3 is 2.46 bits per heavy atom. The Hall–Kier alpha value is -2.21. The molecule has 1 aromatic carbocycles. The maximum absolute atomic E-state index is 12.6. The molecule has 0 aliphatic heterocycles. The van der Waals surface area contributed by atoms with Crippen LogP contribution in [0.4, 0.5) is 0 Å². The summed E-state index contributed by atoms with van der Waals surface area (Å²) in [6, 6.07) is 9.74. The highest BCUT2D eigenvalue weighted by Gasteiger charge is 2.22. The van der Waals surface area contributed by atoms with Crippen LogP contribution in [0, 0.1) is 0 Å². The number of benzene rings is 1. The largest absolute Gasteiger partial charge is 0.350 e. The van der Waals surface area contributed by atoms with E-state index in [1.165, 1.54) is 16.2 Å². The molecular weight excluding hydrogens is 322 g/mol. The average molecular weight is 345 g/mol. The first-order valence-electron chi connectivity index (χ1n) is 7.91. The third kappa shape index (κ3) is 4.89. The number of hydrogen-bond donors (Lipinski definition) is 1. The van der Waals surface area contributed by atoms with Crippen LogP contribution in [0.3, 0.4) is 0 Å². The van der Waals surface area contributed by atoms with Crippen LogP contribution >= 0.6 is 11.3 Å². The summed E-state index contributed by atoms with van der Waals surface area (Å²) in [5.74, 6) is -0.392. The molecule has 5 nitrogen and oxygen atoms in total. The number of nitrogens with zero attached hydrogens (tertiary/aromatic N) is 2. The number of carbonyl (C=O) groups excluding carboxylic acids is 2. The Balaban J connectivity index is 2.09. The lowest BCUT2D eigenvalue weighted by Crippen LogP contribution is -2.47. The molecule has 0 spiro atoms. The second-order valence-corrected chi connectivity index (χ2v) is 7.38. The second-order valence-electron chi connectivity index (χ2n) is 6.52. The molecule has 0 atom stereocenters. The fourth-order valence-corrected chi connectivity index (χ4v) is 3.01. The maximum Gasteiger partial charge on any atom is 0.273 e. The van der Waals surface area contributed by atoms with Gasteiger partial charge in [0.25, 0.3) is 5.91 Å². The predicted octanol–water partition coefficient (Wildman–Crippen LogP) is 3.19. The van der Waals surface area contributed by atoms with Gasteiger partial charge in [0.05, 0.1) is 6.54 Å². The van der Waals surface area contributed by atoms with E-state index in [1.54, 1.807) is 5.38 Å². The molecule has 1 N–H and O–H groups in total. The number of hydrogen-bond acceptors (Lipinski definition) is 4. The van der Waals surface area contributed by atoms with Gasteiger partial charge >= 0.3 is 0 Å². The molecule has 128 valence electrons. The number of nitrogens with one attached hydrogen (secondary N) is 1. The van der Waals surface area contributed by atoms with E-state index >= 15 is 0 Å². The normalized spacial score (nSPS) is 11.2. The van der Waals surface area contributed by atoms with Crippen molar-refractivity contribution in [1.29, 1.82) is 0 Å². The first kappa shape index (κ1) is 18.1. The van der Waals surface area contributed by atoms with Gasteiger partial charge in [-0.1, -0.05) is 30.3 Å². The number of likely N-dealkylation sites (N-methyl/N-ethyl adjacent to an activating group) is 1. The summed E-state index contributed by atoms with van der Waals surface area (Å²) < 4.78 is 0. The molecule has 2 aromatic rings. The number of rotatable bonds is 5. The minimum atomic E-state index is -0.319. The van der Waals surface area contributed by atoms with Crippen LogP contribution in [0.15, 0.2) is 35.7 Å². The summed E-state index contributed by atoms with van der Waals surface area (Å²) >= 11 is 1.43. The lowest BCUT2D eigenvalue weighted by molar-refractivity contribution is -0.123. The first-order valence-corrected chi connectivity index (χ1v) is 8.79. The van der Waals surface area contributed by atoms with Crippen LogP contribution in [0.25, 0.3) is 10.6 Å². The zero-order valence-corrected chi connectivity index (χ0v) is 15.3. The van der Waals surface area contributed by atoms with Crippen molar-refractivity contribution in [2.75, 3.05) is 13.1 Å². The van der Waals surface area contributed by atoms with E-state index in [9.17, 15) is 9.59 Å². The standard InChI is InChI=1S/C18H23N3O2S/c1-5-21(11-15(22)20-18(2,3)4)17(23)14-12-24-16(19-14)13-9-7-6-8-10-13/h6-10,12H,5,11H2,1-4H3,(H,20,22). The summed E-state index contributed by atoms with van der Waals surface area (Å²) in [5, 5.41) is 5.42. The fourth-order valence-electron chi connectivity index (χ4n) is 2.21. The van der Waals surface area contributed by atoms with Gasteiger partial charge in [-0.15, -0.1) is 11.3 Å². The molecule has 2 rings (SSSR count). The van der Waals surface area contributed by atoms with Crippen LogP contribution in [-0.2, 0) is 4.79 Å². The van der Waals surface area contributed by atoms with Crippen molar-refractivity contribution in [2.45, 2.75) is 33.2 Å². The molecule has 1 aromatic heterocycles. The van der Waals surface area contributed by atoms with Crippen molar-refractivity contribution in [1.82, 2.24) is 15.2 Å². The topological polar surface area (TPSA) is 62.3 Å². The molecule has 0 saturated carbocycles. The Morgan fingerprint density at radius 1 is 1.21 bits per heavy atom. The zero-order valence-electron chi connectivity index (χ0n) is 14.5. The first-order chi connectivity index (χ1) is 11.3. The van der Waals surface area contributed by atoms with Crippen LogP contribution in [0.5, 0.6) is 0 Å². The average Bonchev–Trinajstić information content (AvgIpc) is 3.01. The summed E-state index contributed by atoms with van der Waals surface area (Å²) in [7, 11) is 0. The van der Waals surface area contributed by atoms with E-state index in [0.717, 1.165) is 10.6 Å². The molecule has 0 aliphatic rings. The molecule has 6 heteroatoms. The molecule has 0 unspecified atom stereocenters. The summed E-state index contributed by atoms with van der Waals surface area (Å²) in [6.45, 7) is 8.08. The minimum absolute atomic E-state index is 0.0325. The highest BCUT2D eigenvalue weighted by Crippen LogP contribution is 2.23. The Morgan fingerprint density at radius 2 is 1.88 bits per heavy atom. The van der Waals surface area contributed by atoms with Crippen molar-refractivity contribution in [3.8, 4) is 10.6 Å². The van der Waals surface area contributed by atoms with Gasteiger partial charge in [0.1, 0.15) is 10.7 Å². The van der Waals surface area contributed by atoms with Gasteiger partial charge < -0.3 is 10.2 Å². The Bertz CT molecular complexity index is 705. The third-order valence-corrected chi connectivity index (χ3v) is 4.15. The SMILES string of the molecule is CCN(CC(=O)NC(C)(C)C)C(=O)c1csc(-c2ccccc2)n1. The molecule has 24 heavy (non-hydrogen) atoms. The lowest BCUT2D eigenvalue weighted by atomic mass is 10.1. The molecule has 0 saturated heterocycles. The summed E-state index contributed by atoms with van der Waals surface area (Å²) in [5.41, 5.74) is 1.04. The Kier molecular flexibility index (Phi) is 5.72. The molecule has 1 heterocycles. The minimum Gasteiger partial charge on any atom is -0.350 e. The Labute approximate surface area is 146 Å². The molecular formula is C18H23N3O2S. The highest BCUT2D eigenvalue weighted by molar-refractivity contribution is 7.13. The van der Waals surface area contributed by atoms with E-state index in [0.29, 0.717) is 12.2 Å². The van der Waals surface area contributed by atoms with Gasteiger partial charge in [-0.2, -0.15) is 0 Å². The molecule has 0 bridgehead atoms. The zero-order chi connectivity index (χ0) is 17.7. The third-order valence-electron chi connectivity index (χ3n) is 3.26. The van der Waals surface area contributed by atoms with Gasteiger partial charge in [0, 0.05) is 23.0 Å². The van der Waals surface area contributed by atoms with E-state index in [2.05, 4.69) is 10.3 Å². The van der Waals surface area contributed by atoms with E-state index in [4.69, 9.17) is 0 Å². The summed E-state index contributed by atoms with van der Waals surface area (Å²) in [4.78, 5) is 30.6. The highest BCUT2D eigenvalue weighted by atomic mass is 32.1. The van der Waals surface area contributed by atoms with Crippen molar-refractivity contribution in [3.05, 3.63) is 41.4 Å². The van der Waals surface area contributed by atoms with Crippen molar-refractivity contribution in [2.24, 2.45) is 0 Å². The van der Waals surface area contributed by atoms with Crippen LogP contribution in [0.1, 0.15) is 38.2 Å². The molecule has 0 radical (unpaired) electrons. The van der Waals surface area contributed by atoms with Crippen LogP contribution in [-0.4, -0.2) is 40.3 Å². The maximum atomic E-state index is 12.6.